The predicted molar refractivity (Wildman–Crippen MR) is 92.5 cm³/mol. The van der Waals surface area contributed by atoms with Crippen molar-refractivity contribution < 1.29 is 12.8 Å². The maximum atomic E-state index is 12.8. The van der Waals surface area contributed by atoms with Crippen LogP contribution in [-0.4, -0.2) is 8.42 Å². The Hall–Kier alpha value is -1.55. The molecule has 2 rings (SSSR count). The van der Waals surface area contributed by atoms with Crippen molar-refractivity contribution in [3.63, 3.8) is 0 Å². The fraction of sp³-hybridized carbons (Fsp3) is 0.474. The van der Waals surface area contributed by atoms with E-state index in [1.807, 2.05) is 13.0 Å². The molecule has 0 bridgehead atoms. The second-order valence-electron chi connectivity index (χ2n) is 6.02. The first-order chi connectivity index (χ1) is 11.0. The molecular weight excluding hydrogens is 308 g/mol. The topological polar surface area (TPSA) is 47.3 Å². The summed E-state index contributed by atoms with van der Waals surface area (Å²) in [5, 5.41) is 0. The Bertz CT molecular complexity index is 727. The second-order valence-corrected chi connectivity index (χ2v) is 7.90. The van der Waals surface area contributed by atoms with Crippen LogP contribution in [0.2, 0.25) is 0 Å². The summed E-state index contributed by atoms with van der Waals surface area (Å²) < 4.78 is 31.5. The number of hydrogen-bond donors (Lipinski definition) is 0. The van der Waals surface area contributed by atoms with Crippen LogP contribution in [0.5, 0.6) is 0 Å². The highest BCUT2D eigenvalue weighted by atomic mass is 32.2. The van der Waals surface area contributed by atoms with E-state index in [1.54, 1.807) is 31.2 Å². The van der Waals surface area contributed by atoms with E-state index >= 15 is 0 Å². The summed E-state index contributed by atoms with van der Waals surface area (Å²) in [4.78, 5) is 0.661. The third-order valence-electron chi connectivity index (χ3n) is 4.18. The van der Waals surface area contributed by atoms with Gasteiger partial charge < -0.3 is 4.42 Å². The molecule has 1 aromatic heterocycles. The van der Waals surface area contributed by atoms with Crippen LogP contribution < -0.4 is 0 Å². The maximum absolute atomic E-state index is 12.8. The largest absolute Gasteiger partial charge is 0.465 e. The summed E-state index contributed by atoms with van der Waals surface area (Å²) in [5.74, 6) is 1.31. The van der Waals surface area contributed by atoms with Gasteiger partial charge in [0.15, 0.2) is 0 Å². The van der Waals surface area contributed by atoms with Crippen LogP contribution in [0.25, 0.3) is 0 Å². The first-order valence-corrected chi connectivity index (χ1v) is 9.85. The molecule has 3 nitrogen and oxygen atoms in total. The molecule has 1 heterocycles. The zero-order valence-electron chi connectivity index (χ0n) is 14.3. The molecule has 0 fully saturated rings. The van der Waals surface area contributed by atoms with Crippen molar-refractivity contribution in [2.45, 2.75) is 69.1 Å². The summed E-state index contributed by atoms with van der Waals surface area (Å²) in [6.07, 6.45) is 6.71. The average molecular weight is 334 g/mol. The van der Waals surface area contributed by atoms with E-state index < -0.39 is 9.84 Å². The summed E-state index contributed by atoms with van der Waals surface area (Å²) in [5.41, 5.74) is 0.766. The van der Waals surface area contributed by atoms with Crippen molar-refractivity contribution in [3.8, 4) is 0 Å². The predicted octanol–water partition coefficient (Wildman–Crippen LogP) is 5.24. The smallest absolute Gasteiger partial charge is 0.210 e. The zero-order valence-corrected chi connectivity index (χ0v) is 15.1. The number of hydrogen-bond acceptors (Lipinski definition) is 3. The molecule has 0 aliphatic carbocycles. The number of rotatable bonds is 8. The number of benzene rings is 1. The highest BCUT2D eigenvalue weighted by Crippen LogP contribution is 2.31. The minimum Gasteiger partial charge on any atom is -0.465 e. The standard InChI is InChI=1S/C19H26O3S/c1-4-5-6-7-11-14-18-15(2)19(16(3)22-18)23(20,21)17-12-9-8-10-13-17/h8-10,12-13H,4-7,11,14H2,1-3H3. The van der Waals surface area contributed by atoms with E-state index in [9.17, 15) is 8.42 Å². The molecular formula is C19H26O3S. The molecule has 126 valence electrons. The van der Waals surface area contributed by atoms with Crippen molar-refractivity contribution in [1.82, 2.24) is 0 Å². The Kier molecular flexibility index (Phi) is 6.05. The Morgan fingerprint density at radius 2 is 1.61 bits per heavy atom. The van der Waals surface area contributed by atoms with E-state index in [0.717, 1.165) is 30.6 Å². The van der Waals surface area contributed by atoms with Crippen LogP contribution in [0.15, 0.2) is 44.5 Å². The molecule has 2 aromatic rings. The summed E-state index contributed by atoms with van der Waals surface area (Å²) >= 11 is 0. The molecule has 23 heavy (non-hydrogen) atoms. The van der Waals surface area contributed by atoms with Crippen LogP contribution in [0.3, 0.4) is 0 Å². The molecule has 0 amide bonds. The van der Waals surface area contributed by atoms with Gasteiger partial charge in [0.2, 0.25) is 9.84 Å². The highest BCUT2D eigenvalue weighted by Gasteiger charge is 2.27. The van der Waals surface area contributed by atoms with Crippen LogP contribution in [0, 0.1) is 13.8 Å². The Balaban J connectivity index is 2.21. The molecule has 1 aromatic carbocycles. The van der Waals surface area contributed by atoms with Crippen molar-refractivity contribution in [3.05, 3.63) is 47.4 Å². The van der Waals surface area contributed by atoms with Crippen molar-refractivity contribution >= 4 is 9.84 Å². The van der Waals surface area contributed by atoms with E-state index in [4.69, 9.17) is 4.42 Å². The van der Waals surface area contributed by atoms with E-state index in [1.165, 1.54) is 19.3 Å². The van der Waals surface area contributed by atoms with Gasteiger partial charge in [-0.3, -0.25) is 0 Å². The second kappa shape index (κ2) is 7.82. The molecule has 0 N–H and O–H groups in total. The molecule has 0 spiro atoms. The van der Waals surface area contributed by atoms with Crippen molar-refractivity contribution in [2.24, 2.45) is 0 Å². The lowest BCUT2D eigenvalue weighted by atomic mass is 10.1. The third-order valence-corrected chi connectivity index (χ3v) is 6.21. The van der Waals surface area contributed by atoms with Crippen LogP contribution in [-0.2, 0) is 16.3 Å². The molecule has 0 radical (unpaired) electrons. The summed E-state index contributed by atoms with van der Waals surface area (Å²) in [6, 6.07) is 8.56. The van der Waals surface area contributed by atoms with Crippen molar-refractivity contribution in [1.29, 1.82) is 0 Å². The fourth-order valence-electron chi connectivity index (χ4n) is 2.93. The Morgan fingerprint density at radius 1 is 0.957 bits per heavy atom. The van der Waals surface area contributed by atoms with Gasteiger partial charge in [-0.1, -0.05) is 50.8 Å². The number of unbranched alkanes of at least 4 members (excludes halogenated alkanes) is 4. The first-order valence-electron chi connectivity index (χ1n) is 8.37. The molecule has 0 atom stereocenters. The zero-order chi connectivity index (χ0) is 16.9. The van der Waals surface area contributed by atoms with Crippen LogP contribution in [0.4, 0.5) is 0 Å². The number of furan rings is 1. The average Bonchev–Trinajstić information content (AvgIpc) is 2.82. The molecule has 4 heteroatoms. The van der Waals surface area contributed by atoms with Gasteiger partial charge in [-0.2, -0.15) is 0 Å². The van der Waals surface area contributed by atoms with E-state index in [-0.39, 0.29) is 0 Å². The SMILES string of the molecule is CCCCCCCc1oc(C)c(S(=O)(=O)c2ccccc2)c1C. The van der Waals surface area contributed by atoms with Crippen molar-refractivity contribution in [2.75, 3.05) is 0 Å². The lowest BCUT2D eigenvalue weighted by molar-refractivity contribution is 0.464. The molecule has 0 aliphatic rings. The maximum Gasteiger partial charge on any atom is 0.210 e. The minimum atomic E-state index is -3.51. The van der Waals surface area contributed by atoms with Gasteiger partial charge in [0.25, 0.3) is 0 Å². The lowest BCUT2D eigenvalue weighted by Gasteiger charge is -2.04. The number of sulfone groups is 1. The third kappa shape index (κ3) is 4.05. The molecule has 0 aliphatic heterocycles. The molecule has 0 unspecified atom stereocenters. The van der Waals surface area contributed by atoms with Gasteiger partial charge in [0.1, 0.15) is 16.4 Å². The summed E-state index contributed by atoms with van der Waals surface area (Å²) in [6.45, 7) is 5.79. The highest BCUT2D eigenvalue weighted by molar-refractivity contribution is 7.91. The minimum absolute atomic E-state index is 0.321. The normalized spacial score (nSPS) is 11.8. The van der Waals surface area contributed by atoms with Gasteiger partial charge in [-0.05, 0) is 32.4 Å². The molecule has 0 saturated heterocycles. The van der Waals surface area contributed by atoms with Gasteiger partial charge in [0.05, 0.1) is 4.90 Å². The van der Waals surface area contributed by atoms with Gasteiger partial charge >= 0.3 is 0 Å². The Labute approximate surface area is 139 Å². The Morgan fingerprint density at radius 3 is 2.26 bits per heavy atom. The summed E-state index contributed by atoms with van der Waals surface area (Å²) in [7, 11) is -3.51. The lowest BCUT2D eigenvalue weighted by Crippen LogP contribution is -2.04. The van der Waals surface area contributed by atoms with Gasteiger partial charge in [-0.15, -0.1) is 0 Å². The quantitative estimate of drug-likeness (QED) is 0.620. The monoisotopic (exact) mass is 334 g/mol. The van der Waals surface area contributed by atoms with Crippen LogP contribution in [0.1, 0.15) is 56.1 Å². The van der Waals surface area contributed by atoms with Gasteiger partial charge in [-0.25, -0.2) is 8.42 Å². The fourth-order valence-corrected chi connectivity index (χ4v) is 4.62. The van der Waals surface area contributed by atoms with Crippen LogP contribution >= 0.6 is 0 Å². The molecule has 0 saturated carbocycles. The van der Waals surface area contributed by atoms with E-state index in [2.05, 4.69) is 6.92 Å². The van der Waals surface area contributed by atoms with Gasteiger partial charge in [0, 0.05) is 12.0 Å². The number of aryl methyl sites for hydroxylation is 2. The van der Waals surface area contributed by atoms with E-state index in [0.29, 0.717) is 15.6 Å². The first kappa shape index (κ1) is 17.8.